The van der Waals surface area contributed by atoms with Crippen LogP contribution in [-0.4, -0.2) is 42.6 Å². The van der Waals surface area contributed by atoms with Crippen LogP contribution in [0.25, 0.3) is 17.2 Å². The van der Waals surface area contributed by atoms with Crippen LogP contribution in [0.5, 0.6) is 5.75 Å². The number of rotatable bonds is 9. The number of aromatic nitrogens is 4. The minimum Gasteiger partial charge on any atom is -0.491 e. The van der Waals surface area contributed by atoms with E-state index in [1.807, 2.05) is 67.6 Å². The van der Waals surface area contributed by atoms with Crippen LogP contribution in [-0.2, 0) is 13.6 Å². The predicted molar refractivity (Wildman–Crippen MR) is 136 cm³/mol. The molecule has 4 aromatic rings. The zero-order valence-electron chi connectivity index (χ0n) is 19.4. The maximum atomic E-state index is 12.6. The highest BCUT2D eigenvalue weighted by Gasteiger charge is 2.20. The molecule has 0 radical (unpaired) electrons. The van der Waals surface area contributed by atoms with Crippen molar-refractivity contribution in [2.75, 3.05) is 12.0 Å². The zero-order chi connectivity index (χ0) is 24.8. The van der Waals surface area contributed by atoms with E-state index in [9.17, 15) is 14.7 Å². The van der Waals surface area contributed by atoms with Gasteiger partial charge in [0, 0.05) is 7.05 Å². The summed E-state index contributed by atoms with van der Waals surface area (Å²) in [6, 6.07) is 18.9. The van der Waals surface area contributed by atoms with Crippen LogP contribution in [0, 0.1) is 0 Å². The maximum Gasteiger partial charge on any atom is 0.329 e. The lowest BCUT2D eigenvalue weighted by Crippen LogP contribution is -2.30. The van der Waals surface area contributed by atoms with E-state index in [1.165, 1.54) is 16.2 Å². The molecule has 2 heterocycles. The number of aliphatic hydroxyl groups excluding tert-OH is 1. The van der Waals surface area contributed by atoms with Crippen LogP contribution < -0.4 is 21.4 Å². The SMILES string of the molecule is CC(C=Cc1ccccc1)=NNc1nc2c(c(=O)[nH]c(=O)n2C)n1C[C@@H](O)COc1ccccc1. The second kappa shape index (κ2) is 10.7. The minimum absolute atomic E-state index is 0.00505. The number of hydrogen-bond acceptors (Lipinski definition) is 7. The first-order chi connectivity index (χ1) is 16.9. The van der Waals surface area contributed by atoms with Crippen molar-refractivity contribution >= 4 is 28.9 Å². The van der Waals surface area contributed by atoms with Gasteiger partial charge in [0.25, 0.3) is 5.56 Å². The molecule has 2 aromatic carbocycles. The second-order valence-corrected chi connectivity index (χ2v) is 7.92. The number of hydrazone groups is 1. The van der Waals surface area contributed by atoms with Gasteiger partial charge in [-0.3, -0.25) is 14.3 Å². The quantitative estimate of drug-likeness (QED) is 0.253. The highest BCUT2D eigenvalue weighted by molar-refractivity contribution is 5.96. The molecule has 0 unspecified atom stereocenters. The molecule has 0 aliphatic rings. The second-order valence-electron chi connectivity index (χ2n) is 7.92. The molecular weight excluding hydrogens is 448 g/mol. The summed E-state index contributed by atoms with van der Waals surface area (Å²) in [6.45, 7) is 1.79. The van der Waals surface area contributed by atoms with Gasteiger partial charge in [-0.05, 0) is 30.7 Å². The normalized spacial score (nSPS) is 12.8. The van der Waals surface area contributed by atoms with E-state index in [1.54, 1.807) is 12.1 Å². The van der Waals surface area contributed by atoms with Gasteiger partial charge in [-0.25, -0.2) is 10.2 Å². The fourth-order valence-electron chi connectivity index (χ4n) is 3.43. The molecule has 0 spiro atoms. The van der Waals surface area contributed by atoms with Crippen LogP contribution >= 0.6 is 0 Å². The molecule has 0 amide bonds. The fraction of sp³-hybridized carbons (Fsp3) is 0.200. The lowest BCUT2D eigenvalue weighted by atomic mass is 10.2. The Morgan fingerprint density at radius 1 is 1.17 bits per heavy atom. The maximum absolute atomic E-state index is 12.6. The van der Waals surface area contributed by atoms with E-state index in [2.05, 4.69) is 20.5 Å². The molecule has 10 nitrogen and oxygen atoms in total. The third-order valence-electron chi connectivity index (χ3n) is 5.23. The van der Waals surface area contributed by atoms with Crippen molar-refractivity contribution in [3.63, 3.8) is 0 Å². The number of aliphatic hydroxyl groups is 1. The van der Waals surface area contributed by atoms with Crippen molar-refractivity contribution in [2.45, 2.75) is 19.6 Å². The molecule has 3 N–H and O–H groups in total. The number of imidazole rings is 1. The van der Waals surface area contributed by atoms with Gasteiger partial charge >= 0.3 is 5.69 Å². The van der Waals surface area contributed by atoms with Crippen molar-refractivity contribution < 1.29 is 9.84 Å². The van der Waals surface area contributed by atoms with E-state index in [-0.39, 0.29) is 30.3 Å². The van der Waals surface area contributed by atoms with Gasteiger partial charge in [0.1, 0.15) is 18.5 Å². The number of nitrogens with one attached hydrogen (secondary N) is 2. The monoisotopic (exact) mass is 474 g/mol. The molecule has 0 saturated carbocycles. The van der Waals surface area contributed by atoms with Crippen LogP contribution in [0.2, 0.25) is 0 Å². The van der Waals surface area contributed by atoms with E-state index < -0.39 is 17.4 Å². The van der Waals surface area contributed by atoms with Crippen LogP contribution in [0.3, 0.4) is 0 Å². The molecule has 0 saturated heterocycles. The van der Waals surface area contributed by atoms with Crippen molar-refractivity contribution in [3.05, 3.63) is 93.1 Å². The molecular formula is C25H26N6O4. The fourth-order valence-corrected chi connectivity index (χ4v) is 3.43. The number of fused-ring (bicyclic) bond motifs is 1. The van der Waals surface area contributed by atoms with Crippen molar-refractivity contribution in [2.24, 2.45) is 12.1 Å². The summed E-state index contributed by atoms with van der Waals surface area (Å²) < 4.78 is 8.36. The topological polar surface area (TPSA) is 127 Å². The summed E-state index contributed by atoms with van der Waals surface area (Å²) in [6.07, 6.45) is 2.79. The smallest absolute Gasteiger partial charge is 0.329 e. The van der Waals surface area contributed by atoms with Gasteiger partial charge in [0.15, 0.2) is 11.2 Å². The Kier molecular flexibility index (Phi) is 7.22. The average molecular weight is 475 g/mol. The summed E-state index contributed by atoms with van der Waals surface area (Å²) in [4.78, 5) is 31.4. The van der Waals surface area contributed by atoms with Crippen molar-refractivity contribution in [1.29, 1.82) is 0 Å². The summed E-state index contributed by atoms with van der Waals surface area (Å²) >= 11 is 0. The first-order valence-electron chi connectivity index (χ1n) is 11.0. The molecule has 180 valence electrons. The summed E-state index contributed by atoms with van der Waals surface area (Å²) in [7, 11) is 1.51. The molecule has 10 heteroatoms. The van der Waals surface area contributed by atoms with E-state index in [4.69, 9.17) is 4.74 Å². The van der Waals surface area contributed by atoms with Gasteiger partial charge in [-0.15, -0.1) is 0 Å². The van der Waals surface area contributed by atoms with Gasteiger partial charge in [-0.1, -0.05) is 54.6 Å². The van der Waals surface area contributed by atoms with Crippen LogP contribution in [0.15, 0.2) is 81.4 Å². The number of ether oxygens (including phenoxy) is 1. The van der Waals surface area contributed by atoms with Gasteiger partial charge < -0.3 is 14.4 Å². The molecule has 0 aliphatic heterocycles. The Labute approximate surface area is 200 Å². The van der Waals surface area contributed by atoms with Crippen LogP contribution in [0.1, 0.15) is 12.5 Å². The highest BCUT2D eigenvalue weighted by Crippen LogP contribution is 2.17. The lowest BCUT2D eigenvalue weighted by molar-refractivity contribution is 0.0938. The van der Waals surface area contributed by atoms with Gasteiger partial charge in [-0.2, -0.15) is 10.1 Å². The van der Waals surface area contributed by atoms with Crippen molar-refractivity contribution in [1.82, 2.24) is 19.1 Å². The molecule has 1 atom stereocenters. The number of benzene rings is 2. The number of aryl methyl sites for hydroxylation is 1. The number of aromatic amines is 1. The molecule has 0 aliphatic carbocycles. The van der Waals surface area contributed by atoms with E-state index >= 15 is 0 Å². The molecule has 35 heavy (non-hydrogen) atoms. The van der Waals surface area contributed by atoms with Gasteiger partial charge in [0.05, 0.1) is 12.3 Å². The molecule has 0 fully saturated rings. The summed E-state index contributed by atoms with van der Waals surface area (Å²) in [5.74, 6) is 0.823. The average Bonchev–Trinajstić information content (AvgIpc) is 3.23. The third-order valence-corrected chi connectivity index (χ3v) is 5.23. The third kappa shape index (κ3) is 5.74. The number of allylic oxidation sites excluding steroid dienone is 1. The summed E-state index contributed by atoms with van der Waals surface area (Å²) in [5, 5.41) is 15.0. The number of hydrogen-bond donors (Lipinski definition) is 3. The largest absolute Gasteiger partial charge is 0.491 e. The highest BCUT2D eigenvalue weighted by atomic mass is 16.5. The number of nitrogens with zero attached hydrogens (tertiary/aromatic N) is 4. The number of anilines is 1. The molecule has 0 bridgehead atoms. The minimum atomic E-state index is -0.965. The lowest BCUT2D eigenvalue weighted by Gasteiger charge is -2.15. The summed E-state index contributed by atoms with van der Waals surface area (Å²) in [5.41, 5.74) is 3.66. The Hall–Kier alpha value is -4.44. The Balaban J connectivity index is 1.60. The van der Waals surface area contributed by atoms with Crippen LogP contribution in [0.4, 0.5) is 5.95 Å². The Morgan fingerprint density at radius 2 is 1.86 bits per heavy atom. The van der Waals surface area contributed by atoms with Crippen molar-refractivity contribution in [3.8, 4) is 5.75 Å². The van der Waals surface area contributed by atoms with E-state index in [0.717, 1.165) is 5.56 Å². The Bertz CT molecular complexity index is 1470. The zero-order valence-corrected chi connectivity index (χ0v) is 19.4. The predicted octanol–water partition coefficient (Wildman–Crippen LogP) is 2.36. The number of para-hydroxylation sites is 1. The molecule has 4 rings (SSSR count). The van der Waals surface area contributed by atoms with Gasteiger partial charge in [0.2, 0.25) is 5.95 Å². The first-order valence-corrected chi connectivity index (χ1v) is 11.0. The first kappa shape index (κ1) is 23.7. The standard InChI is InChI=1S/C25H26N6O4/c1-17(13-14-18-9-5-3-6-10-18)28-29-24-26-22-21(23(33)27-25(34)30(22)2)31(24)15-19(32)16-35-20-11-7-4-8-12-20/h3-14,19,32H,15-16H2,1-2H3,(H,26,29)(H,27,33,34)/t19-/m1/s1. The molecule has 2 aromatic heterocycles. The number of H-pyrrole nitrogens is 1. The van der Waals surface area contributed by atoms with E-state index in [0.29, 0.717) is 11.5 Å². The Morgan fingerprint density at radius 3 is 2.57 bits per heavy atom.